The van der Waals surface area contributed by atoms with E-state index in [9.17, 15) is 0 Å². The molecule has 148 valence electrons. The molecule has 3 aromatic rings. The monoisotopic (exact) mass is 416 g/mol. The van der Waals surface area contributed by atoms with Crippen molar-refractivity contribution in [2.24, 2.45) is 0 Å². The normalized spacial score (nSPS) is 16.1. The molecule has 1 aliphatic heterocycles. The summed E-state index contributed by atoms with van der Waals surface area (Å²) >= 11 is 12.6. The quantitative estimate of drug-likeness (QED) is 0.597. The molecule has 2 N–H and O–H groups in total. The molecule has 0 radical (unpaired) electrons. The molecule has 0 unspecified atom stereocenters. The maximum Gasteiger partial charge on any atom is 0.140 e. The lowest BCUT2D eigenvalue weighted by Gasteiger charge is -2.32. The Morgan fingerprint density at radius 2 is 2.00 bits per heavy atom. The van der Waals surface area contributed by atoms with Crippen LogP contribution < -0.4 is 5.32 Å². The summed E-state index contributed by atoms with van der Waals surface area (Å²) in [6.45, 7) is 6.65. The Hall–Kier alpha value is -1.59. The molecule has 0 aliphatic carbocycles. The minimum absolute atomic E-state index is 0.537. The lowest BCUT2D eigenvalue weighted by molar-refractivity contribution is 0.214. The molecule has 4 rings (SSSR count). The molecule has 0 saturated carbocycles. The largest absolute Gasteiger partial charge is 0.338 e. The Bertz CT molecular complexity index is 974. The number of likely N-dealkylation sites (N-methyl/N-ethyl adjacent to an activating group) is 1. The van der Waals surface area contributed by atoms with E-state index in [0.29, 0.717) is 16.0 Å². The maximum absolute atomic E-state index is 6.40. The summed E-state index contributed by atoms with van der Waals surface area (Å²) in [5.41, 5.74) is 5.51. The molecule has 2 heterocycles. The number of nitrogens with zero attached hydrogens (tertiary/aromatic N) is 2. The Balaban J connectivity index is 1.60. The number of hydrogen-bond donors (Lipinski definition) is 2. The van der Waals surface area contributed by atoms with E-state index >= 15 is 0 Å². The molecular formula is C22H26Cl2N4. The average molecular weight is 417 g/mol. The number of likely N-dealkylation sites (tertiary alicyclic amines) is 1. The second-order valence-corrected chi connectivity index (χ2v) is 8.43. The van der Waals surface area contributed by atoms with Crippen molar-refractivity contribution < 1.29 is 0 Å². The number of piperidine rings is 1. The van der Waals surface area contributed by atoms with E-state index in [1.165, 1.54) is 24.0 Å². The van der Waals surface area contributed by atoms with Crippen LogP contribution in [-0.4, -0.2) is 48.1 Å². The SMILES string of the molecule is CNCCN1CCC(c2cc(C)c3nc(-c4cccc(Cl)c4Cl)[nH]c3c2)CC1. The first-order chi connectivity index (χ1) is 13.6. The highest BCUT2D eigenvalue weighted by atomic mass is 35.5. The zero-order valence-electron chi connectivity index (χ0n) is 16.4. The topological polar surface area (TPSA) is 44.0 Å². The first-order valence-corrected chi connectivity index (χ1v) is 10.6. The van der Waals surface area contributed by atoms with Crippen molar-refractivity contribution in [1.29, 1.82) is 0 Å². The van der Waals surface area contributed by atoms with Crippen LogP contribution in [0.4, 0.5) is 0 Å². The van der Waals surface area contributed by atoms with Crippen molar-refractivity contribution in [3.63, 3.8) is 0 Å². The molecule has 1 aliphatic rings. The summed E-state index contributed by atoms with van der Waals surface area (Å²) in [7, 11) is 2.01. The molecule has 28 heavy (non-hydrogen) atoms. The van der Waals surface area contributed by atoms with Crippen LogP contribution in [0.5, 0.6) is 0 Å². The van der Waals surface area contributed by atoms with Crippen molar-refractivity contribution in [3.05, 3.63) is 51.5 Å². The third-order valence-electron chi connectivity index (χ3n) is 5.74. The lowest BCUT2D eigenvalue weighted by Crippen LogP contribution is -2.37. The van der Waals surface area contributed by atoms with Gasteiger partial charge in [0.1, 0.15) is 5.82 Å². The Morgan fingerprint density at radius 3 is 2.75 bits per heavy atom. The van der Waals surface area contributed by atoms with Crippen LogP contribution in [0, 0.1) is 6.92 Å². The van der Waals surface area contributed by atoms with Crippen LogP contribution in [0.15, 0.2) is 30.3 Å². The molecule has 0 atom stereocenters. The van der Waals surface area contributed by atoms with Gasteiger partial charge in [-0.3, -0.25) is 0 Å². The van der Waals surface area contributed by atoms with Gasteiger partial charge >= 0.3 is 0 Å². The summed E-state index contributed by atoms with van der Waals surface area (Å²) in [5.74, 6) is 1.38. The van der Waals surface area contributed by atoms with Crippen LogP contribution in [0.2, 0.25) is 10.0 Å². The van der Waals surface area contributed by atoms with Gasteiger partial charge in [0.05, 0.1) is 21.1 Å². The van der Waals surface area contributed by atoms with Crippen molar-refractivity contribution >= 4 is 34.2 Å². The van der Waals surface area contributed by atoms with Gasteiger partial charge in [-0.2, -0.15) is 0 Å². The van der Waals surface area contributed by atoms with E-state index in [-0.39, 0.29) is 0 Å². The molecule has 0 amide bonds. The van der Waals surface area contributed by atoms with Crippen LogP contribution in [-0.2, 0) is 0 Å². The van der Waals surface area contributed by atoms with Gasteiger partial charge in [-0.15, -0.1) is 0 Å². The number of fused-ring (bicyclic) bond motifs is 1. The summed E-state index contributed by atoms with van der Waals surface area (Å²) < 4.78 is 0. The Kier molecular flexibility index (Phi) is 5.93. The molecule has 1 aromatic heterocycles. The first-order valence-electron chi connectivity index (χ1n) is 9.88. The Labute approximate surface area is 176 Å². The van der Waals surface area contributed by atoms with E-state index in [1.54, 1.807) is 6.07 Å². The van der Waals surface area contributed by atoms with E-state index in [2.05, 4.69) is 34.3 Å². The number of H-pyrrole nitrogens is 1. The summed E-state index contributed by atoms with van der Waals surface area (Å²) in [4.78, 5) is 10.8. The molecule has 1 saturated heterocycles. The number of hydrogen-bond acceptors (Lipinski definition) is 3. The number of halogens is 2. The van der Waals surface area contributed by atoms with Gasteiger partial charge in [-0.05, 0) is 75.1 Å². The molecule has 0 bridgehead atoms. The predicted molar refractivity (Wildman–Crippen MR) is 119 cm³/mol. The van der Waals surface area contributed by atoms with Crippen LogP contribution in [0.3, 0.4) is 0 Å². The summed E-state index contributed by atoms with van der Waals surface area (Å²) in [6, 6.07) is 10.2. The highest BCUT2D eigenvalue weighted by molar-refractivity contribution is 6.43. The van der Waals surface area contributed by atoms with Crippen LogP contribution >= 0.6 is 23.2 Å². The van der Waals surface area contributed by atoms with Gasteiger partial charge in [0, 0.05) is 18.7 Å². The fourth-order valence-electron chi connectivity index (χ4n) is 4.13. The zero-order chi connectivity index (χ0) is 19.7. The molecule has 4 nitrogen and oxygen atoms in total. The summed E-state index contributed by atoms with van der Waals surface area (Å²) in [6.07, 6.45) is 2.41. The molecule has 2 aromatic carbocycles. The van der Waals surface area contributed by atoms with E-state index < -0.39 is 0 Å². The number of aryl methyl sites for hydroxylation is 1. The van der Waals surface area contributed by atoms with Gasteiger partial charge in [0.25, 0.3) is 0 Å². The third kappa shape index (κ3) is 3.92. The lowest BCUT2D eigenvalue weighted by atomic mass is 9.88. The smallest absolute Gasteiger partial charge is 0.140 e. The van der Waals surface area contributed by atoms with Crippen molar-refractivity contribution in [2.45, 2.75) is 25.7 Å². The highest BCUT2D eigenvalue weighted by Gasteiger charge is 2.22. The zero-order valence-corrected chi connectivity index (χ0v) is 17.9. The highest BCUT2D eigenvalue weighted by Crippen LogP contribution is 2.35. The van der Waals surface area contributed by atoms with E-state index in [0.717, 1.165) is 48.6 Å². The predicted octanol–water partition coefficient (Wildman–Crippen LogP) is 5.24. The third-order valence-corrected chi connectivity index (χ3v) is 6.56. The minimum Gasteiger partial charge on any atom is -0.338 e. The van der Waals surface area contributed by atoms with Crippen molar-refractivity contribution in [2.75, 3.05) is 33.2 Å². The fraction of sp³-hybridized carbons (Fsp3) is 0.409. The number of imidazole rings is 1. The summed E-state index contributed by atoms with van der Waals surface area (Å²) in [5, 5.41) is 4.32. The van der Waals surface area contributed by atoms with Crippen LogP contribution in [0.1, 0.15) is 29.9 Å². The van der Waals surface area contributed by atoms with Gasteiger partial charge in [-0.1, -0.05) is 35.3 Å². The second-order valence-electron chi connectivity index (χ2n) is 7.64. The van der Waals surface area contributed by atoms with E-state index in [4.69, 9.17) is 28.2 Å². The number of nitrogens with one attached hydrogen (secondary N) is 2. The molecular weight excluding hydrogens is 391 g/mol. The number of aromatic amines is 1. The average Bonchev–Trinajstić information content (AvgIpc) is 3.13. The number of rotatable bonds is 5. The Morgan fingerprint density at radius 1 is 1.21 bits per heavy atom. The maximum atomic E-state index is 6.40. The van der Waals surface area contributed by atoms with E-state index in [1.807, 2.05) is 19.2 Å². The van der Waals surface area contributed by atoms with Gasteiger partial charge in [0.15, 0.2) is 0 Å². The second kappa shape index (κ2) is 8.42. The van der Waals surface area contributed by atoms with Gasteiger partial charge < -0.3 is 15.2 Å². The minimum atomic E-state index is 0.537. The van der Waals surface area contributed by atoms with Crippen molar-refractivity contribution in [1.82, 2.24) is 20.2 Å². The molecule has 0 spiro atoms. The molecule has 6 heteroatoms. The number of benzene rings is 2. The number of aromatic nitrogens is 2. The van der Waals surface area contributed by atoms with Crippen molar-refractivity contribution in [3.8, 4) is 11.4 Å². The van der Waals surface area contributed by atoms with Crippen LogP contribution in [0.25, 0.3) is 22.4 Å². The molecule has 1 fully saturated rings. The standard InChI is InChI=1S/C22H26Cl2N4/c1-14-12-16(15-6-9-28(10-7-15)11-8-25-2)13-19-21(14)27-22(26-19)17-4-3-5-18(23)20(17)24/h3-5,12-13,15,25H,6-11H2,1-2H3,(H,26,27). The van der Waals surface area contributed by atoms with Gasteiger partial charge in [0.2, 0.25) is 0 Å². The van der Waals surface area contributed by atoms with Gasteiger partial charge in [-0.25, -0.2) is 4.98 Å². The first kappa shape index (κ1) is 19.7. The fourth-order valence-corrected chi connectivity index (χ4v) is 4.52.